The lowest BCUT2D eigenvalue weighted by Gasteiger charge is -2.09. The Balaban J connectivity index is 0.000000123. The van der Waals surface area contributed by atoms with Crippen LogP contribution < -0.4 is 5.46 Å². The molecule has 0 unspecified atom stereocenters. The van der Waals surface area contributed by atoms with Crippen LogP contribution in [0.15, 0.2) is 211 Å². The maximum absolute atomic E-state index is 10.0. The van der Waals surface area contributed by atoms with Gasteiger partial charge in [-0.05, 0) is 66.2 Å². The van der Waals surface area contributed by atoms with Gasteiger partial charge in [0, 0.05) is 120 Å². The van der Waals surface area contributed by atoms with Crippen molar-refractivity contribution in [2.24, 2.45) is 0 Å². The maximum atomic E-state index is 10.0. The van der Waals surface area contributed by atoms with Gasteiger partial charge in [-0.25, -0.2) is 0 Å². The molecule has 0 saturated heterocycles. The van der Waals surface area contributed by atoms with Crippen molar-refractivity contribution in [3.05, 3.63) is 217 Å². The molecular formula is C58H38BBrN3O2S4-. The van der Waals surface area contributed by atoms with E-state index in [4.69, 9.17) is 0 Å². The fourth-order valence-corrected chi connectivity index (χ4v) is 14.6. The van der Waals surface area contributed by atoms with Crippen molar-refractivity contribution in [1.29, 1.82) is 0 Å². The van der Waals surface area contributed by atoms with Crippen LogP contribution in [0, 0.1) is 0 Å². The van der Waals surface area contributed by atoms with E-state index in [9.17, 15) is 10.0 Å². The summed E-state index contributed by atoms with van der Waals surface area (Å²) in [6.45, 7) is 0. The number of thiophene rings is 4. The second-order valence-corrected chi connectivity index (χ2v) is 21.5. The molecule has 6 heterocycles. The minimum Gasteiger partial charge on any atom is -0.693 e. The summed E-state index contributed by atoms with van der Waals surface area (Å²) < 4.78 is 10.7. The third-order valence-corrected chi connectivity index (χ3v) is 17.6. The molecule has 0 spiro atoms. The molecule has 0 aliphatic rings. The van der Waals surface area contributed by atoms with E-state index >= 15 is 0 Å². The fourth-order valence-electron chi connectivity index (χ4n) is 9.12. The minimum absolute atomic E-state index is 0. The number of hydrogen-bond acceptors (Lipinski definition) is 8. The van der Waals surface area contributed by atoms with Crippen LogP contribution in [-0.4, -0.2) is 27.1 Å². The van der Waals surface area contributed by atoms with Gasteiger partial charge in [0.25, 0.3) is 0 Å². The number of rotatable bonds is 4. The first-order valence-electron chi connectivity index (χ1n) is 22.0. The number of pyridine rings is 2. The molecule has 69 heavy (non-hydrogen) atoms. The summed E-state index contributed by atoms with van der Waals surface area (Å²) in [5, 5.41) is 30.0. The Labute approximate surface area is 422 Å². The molecular weight excluding hydrogens is 990 g/mol. The summed E-state index contributed by atoms with van der Waals surface area (Å²) in [5.74, 6) is 0. The van der Waals surface area contributed by atoms with E-state index in [-0.39, 0.29) is 6.15 Å². The highest BCUT2D eigenvalue weighted by Crippen LogP contribution is 2.49. The van der Waals surface area contributed by atoms with Crippen molar-refractivity contribution in [1.82, 2.24) is 9.97 Å². The van der Waals surface area contributed by atoms with Crippen LogP contribution >= 0.6 is 61.3 Å². The van der Waals surface area contributed by atoms with Gasteiger partial charge in [0.15, 0.2) is 0 Å². The molecule has 8 aromatic carbocycles. The van der Waals surface area contributed by atoms with Crippen molar-refractivity contribution in [3.8, 4) is 33.6 Å². The highest BCUT2D eigenvalue weighted by molar-refractivity contribution is 9.10. The van der Waals surface area contributed by atoms with Crippen molar-refractivity contribution in [2.45, 2.75) is 0 Å². The molecule has 14 aromatic rings. The van der Waals surface area contributed by atoms with Gasteiger partial charge in [-0.3, -0.25) is 9.97 Å². The number of benzene rings is 8. The Hall–Kier alpha value is -6.64. The molecule has 0 aliphatic carbocycles. The zero-order valence-corrected chi connectivity index (χ0v) is 41.4. The van der Waals surface area contributed by atoms with Crippen LogP contribution in [-0.2, 0) is 0 Å². The molecule has 0 fully saturated rings. The van der Waals surface area contributed by atoms with Crippen LogP contribution in [0.25, 0.3) is 120 Å². The molecule has 332 valence electrons. The summed E-state index contributed by atoms with van der Waals surface area (Å²) in [6.07, 6.45) is 3.75. The second-order valence-electron chi connectivity index (χ2n) is 16.3. The van der Waals surface area contributed by atoms with E-state index in [1.54, 1.807) is 28.9 Å². The average molecular weight is 1030 g/mol. The molecule has 0 bridgehead atoms. The van der Waals surface area contributed by atoms with Crippen LogP contribution in [0.5, 0.6) is 0 Å². The SMILES string of the molecule is Brc1ccnc(-c2ccccc2)c1.OB(O)c1c2sc3ccccc3c2cc2c1sc1ccccc12.[NH2-].c1ccc(-c2cc(-c3c4sc5ccccc5c4cc4c3sc3ccccc34)ccn2)cc1. The van der Waals surface area contributed by atoms with Gasteiger partial charge in [0.05, 0.1) is 11.4 Å². The van der Waals surface area contributed by atoms with E-state index in [0.717, 1.165) is 47.2 Å². The van der Waals surface area contributed by atoms with E-state index < -0.39 is 7.12 Å². The van der Waals surface area contributed by atoms with Crippen LogP contribution in [0.3, 0.4) is 0 Å². The highest BCUT2D eigenvalue weighted by Gasteiger charge is 2.24. The monoisotopic (exact) mass is 1030 g/mol. The molecule has 0 amide bonds. The predicted molar refractivity (Wildman–Crippen MR) is 306 cm³/mol. The molecule has 5 nitrogen and oxygen atoms in total. The summed E-state index contributed by atoms with van der Waals surface area (Å²) in [7, 11) is -1.47. The van der Waals surface area contributed by atoms with E-state index in [0.29, 0.717) is 5.46 Å². The number of halogens is 1. The Kier molecular flexibility index (Phi) is 12.4. The zero-order chi connectivity index (χ0) is 45.7. The molecule has 6 aromatic heterocycles. The Morgan fingerprint density at radius 2 is 0.725 bits per heavy atom. The molecule has 0 radical (unpaired) electrons. The quantitative estimate of drug-likeness (QED) is 0.172. The van der Waals surface area contributed by atoms with Crippen molar-refractivity contribution in [3.63, 3.8) is 0 Å². The minimum atomic E-state index is -1.47. The summed E-state index contributed by atoms with van der Waals surface area (Å²) in [6, 6.07) is 67.5. The van der Waals surface area contributed by atoms with Gasteiger partial charge in [0.2, 0.25) is 0 Å². The van der Waals surface area contributed by atoms with E-state index in [2.05, 4.69) is 159 Å². The van der Waals surface area contributed by atoms with E-state index in [1.165, 1.54) is 71.6 Å². The van der Waals surface area contributed by atoms with Gasteiger partial charge in [-0.15, -0.1) is 45.3 Å². The van der Waals surface area contributed by atoms with Gasteiger partial charge in [0.1, 0.15) is 0 Å². The van der Waals surface area contributed by atoms with Gasteiger partial charge in [-0.2, -0.15) is 0 Å². The third-order valence-electron chi connectivity index (χ3n) is 12.2. The lowest BCUT2D eigenvalue weighted by Crippen LogP contribution is -2.30. The number of nitrogens with two attached hydrogens (primary N) is 1. The Morgan fingerprint density at radius 3 is 1.14 bits per heavy atom. The van der Waals surface area contributed by atoms with Gasteiger partial charge >= 0.3 is 7.12 Å². The van der Waals surface area contributed by atoms with Crippen LogP contribution in [0.1, 0.15) is 0 Å². The fraction of sp³-hybridized carbons (Fsp3) is 0. The molecule has 0 atom stereocenters. The third kappa shape index (κ3) is 8.31. The normalized spacial score (nSPS) is 11.3. The number of hydrogen-bond donors (Lipinski definition) is 2. The smallest absolute Gasteiger partial charge is 0.491 e. The topological polar surface area (TPSA) is 99.7 Å². The molecule has 0 saturated carbocycles. The first-order chi connectivity index (χ1) is 33.5. The first kappa shape index (κ1) is 44.8. The van der Waals surface area contributed by atoms with Crippen LogP contribution in [0.2, 0.25) is 0 Å². The summed E-state index contributed by atoms with van der Waals surface area (Å²) in [4.78, 5) is 8.97. The number of aromatic nitrogens is 2. The summed E-state index contributed by atoms with van der Waals surface area (Å²) >= 11 is 10.5. The Bertz CT molecular complexity index is 3990. The van der Waals surface area contributed by atoms with Crippen molar-refractivity contribution < 1.29 is 10.0 Å². The first-order valence-corrected chi connectivity index (χ1v) is 26.1. The van der Waals surface area contributed by atoms with Gasteiger partial charge in [-0.1, -0.05) is 149 Å². The number of nitrogens with zero attached hydrogens (tertiary/aromatic N) is 2. The Morgan fingerprint density at radius 1 is 0.362 bits per heavy atom. The molecule has 14 rings (SSSR count). The zero-order valence-electron chi connectivity index (χ0n) is 36.6. The largest absolute Gasteiger partial charge is 0.693 e. The highest BCUT2D eigenvalue weighted by atomic mass is 79.9. The average Bonchev–Trinajstić information content (AvgIpc) is 4.16. The second kappa shape index (κ2) is 19.0. The lowest BCUT2D eigenvalue weighted by atomic mass is 9.78. The van der Waals surface area contributed by atoms with Crippen molar-refractivity contribution >= 4 is 155 Å². The standard InChI is InChI=1S/C29H17NS2.C18H11BO2S2.C11H8BrN.H2N/c1-2-8-18(9-3-1)24-16-19(14-15-30-24)27-28-22(20-10-4-6-12-25(20)31-28)17-23-21-11-5-7-13-26(21)32-29(23)27;20-19(21)16-17-12(10-5-1-3-7-14(10)22-17)9-13-11-6-2-4-8-15(11)23-18(13)16;12-10-6-7-13-11(8-10)9-4-2-1-3-5-9;/h1-17H;1-9,20-21H;1-8H;1H2/q;;;-1. The molecule has 0 aliphatic heterocycles. The summed E-state index contributed by atoms with van der Waals surface area (Å²) in [5.41, 5.74) is 7.49. The van der Waals surface area contributed by atoms with Crippen LogP contribution in [0.4, 0.5) is 0 Å². The maximum Gasteiger partial charge on any atom is 0.491 e. The lowest BCUT2D eigenvalue weighted by molar-refractivity contribution is 0.427. The predicted octanol–water partition coefficient (Wildman–Crippen LogP) is 17.5. The van der Waals surface area contributed by atoms with Crippen molar-refractivity contribution in [2.75, 3.05) is 0 Å². The number of fused-ring (bicyclic) bond motifs is 12. The van der Waals surface area contributed by atoms with Gasteiger partial charge < -0.3 is 16.2 Å². The molecule has 4 N–H and O–H groups in total. The van der Waals surface area contributed by atoms with E-state index in [1.807, 2.05) is 89.5 Å². The molecule has 11 heteroatoms.